The first-order chi connectivity index (χ1) is 7.49. The van der Waals surface area contributed by atoms with Gasteiger partial charge in [-0.05, 0) is 12.5 Å². The van der Waals surface area contributed by atoms with Gasteiger partial charge >= 0.3 is 12.0 Å². The van der Waals surface area contributed by atoms with E-state index in [1.54, 1.807) is 0 Å². The molecule has 0 bridgehead atoms. The Morgan fingerprint density at radius 2 is 2.25 bits per heavy atom. The molecular weight excluding hydrogens is 216 g/mol. The zero-order chi connectivity index (χ0) is 12.1. The quantitative estimate of drug-likeness (QED) is 0.343. The number of aliphatic carboxylic acids is 1. The Kier molecular flexibility index (Phi) is 3.70. The van der Waals surface area contributed by atoms with E-state index in [4.69, 9.17) is 21.3 Å². The second kappa shape index (κ2) is 5.01. The lowest BCUT2D eigenvalue weighted by atomic mass is 10.1. The number of guanidine groups is 1. The summed E-state index contributed by atoms with van der Waals surface area (Å²) in [6, 6.07) is -1.01. The Morgan fingerprint density at radius 3 is 2.69 bits per heavy atom. The zero-order valence-corrected chi connectivity index (χ0v) is 8.34. The molecule has 0 spiro atoms. The summed E-state index contributed by atoms with van der Waals surface area (Å²) < 4.78 is 4.89. The topological polar surface area (TPSA) is 140 Å². The number of rotatable bonds is 2. The molecule has 1 unspecified atom stereocenters. The molecule has 1 rings (SSSR count). The number of carboxylic acids is 1. The monoisotopic (exact) mass is 228 g/mol. The van der Waals surface area contributed by atoms with Crippen molar-refractivity contribution in [1.82, 2.24) is 5.32 Å². The molecular formula is C8H12N4O4. The first kappa shape index (κ1) is 11.8. The Balaban J connectivity index is 2.46. The summed E-state index contributed by atoms with van der Waals surface area (Å²) in [5.41, 5.74) is 10.0. The van der Waals surface area contributed by atoms with Gasteiger partial charge in [-0.1, -0.05) is 0 Å². The molecule has 16 heavy (non-hydrogen) atoms. The van der Waals surface area contributed by atoms with Crippen molar-refractivity contribution in [1.29, 1.82) is 0 Å². The van der Waals surface area contributed by atoms with Crippen LogP contribution in [0.25, 0.3) is 0 Å². The first-order valence-corrected chi connectivity index (χ1v) is 4.45. The van der Waals surface area contributed by atoms with Crippen LogP contribution >= 0.6 is 0 Å². The number of amides is 2. The summed E-state index contributed by atoms with van der Waals surface area (Å²) in [6.07, 6.45) is 1.74. The van der Waals surface area contributed by atoms with Gasteiger partial charge in [0.2, 0.25) is 5.76 Å². The van der Waals surface area contributed by atoms with E-state index in [-0.39, 0.29) is 24.4 Å². The number of hydrogen-bond acceptors (Lipinski definition) is 3. The maximum atomic E-state index is 11.1. The molecule has 0 saturated heterocycles. The van der Waals surface area contributed by atoms with Crippen molar-refractivity contribution in [2.45, 2.75) is 12.5 Å². The lowest BCUT2D eigenvalue weighted by molar-refractivity contribution is -0.137. The van der Waals surface area contributed by atoms with E-state index in [0.29, 0.717) is 6.42 Å². The highest BCUT2D eigenvalue weighted by Gasteiger charge is 2.20. The lowest BCUT2D eigenvalue weighted by Crippen LogP contribution is -2.39. The lowest BCUT2D eigenvalue weighted by Gasteiger charge is -2.21. The maximum absolute atomic E-state index is 11.1. The van der Waals surface area contributed by atoms with E-state index in [0.717, 1.165) is 0 Å². The Morgan fingerprint density at radius 1 is 1.56 bits per heavy atom. The number of nitrogens with one attached hydrogen (secondary N) is 1. The van der Waals surface area contributed by atoms with Gasteiger partial charge in [0.15, 0.2) is 5.96 Å². The van der Waals surface area contributed by atoms with Crippen LogP contribution < -0.4 is 16.8 Å². The fourth-order valence-corrected chi connectivity index (χ4v) is 1.14. The van der Waals surface area contributed by atoms with Gasteiger partial charge in [0.1, 0.15) is 6.61 Å². The third kappa shape index (κ3) is 3.48. The summed E-state index contributed by atoms with van der Waals surface area (Å²) in [5, 5.41) is 11.1. The molecule has 0 radical (unpaired) electrons. The van der Waals surface area contributed by atoms with E-state index in [9.17, 15) is 9.59 Å². The number of urea groups is 1. The average molecular weight is 228 g/mol. The number of nitrogens with zero attached hydrogens (tertiary/aromatic N) is 1. The zero-order valence-electron chi connectivity index (χ0n) is 8.34. The molecule has 1 heterocycles. The maximum Gasteiger partial charge on any atom is 0.370 e. The van der Waals surface area contributed by atoms with Gasteiger partial charge in [-0.3, -0.25) is 0 Å². The first-order valence-electron chi connectivity index (χ1n) is 4.45. The molecule has 0 aromatic carbocycles. The second-order valence-corrected chi connectivity index (χ2v) is 3.10. The average Bonchev–Trinajstić information content (AvgIpc) is 2.16. The van der Waals surface area contributed by atoms with Gasteiger partial charge in [-0.25, -0.2) is 9.59 Å². The number of hydrogen-bond donors (Lipinski definition) is 4. The standard InChI is InChI=1S/C8H12N4O4/c9-7(10)12-8(15)11-4-1-2-5(6(13)14)16-3-4/h2,4H,1,3H2,(H,13,14)(H5,9,10,11,12,15). The smallest absolute Gasteiger partial charge is 0.370 e. The normalized spacial score (nSPS) is 19.0. The molecule has 1 aliphatic rings. The van der Waals surface area contributed by atoms with Crippen molar-refractivity contribution in [3.8, 4) is 0 Å². The van der Waals surface area contributed by atoms with Crippen LogP contribution in [0, 0.1) is 0 Å². The summed E-state index contributed by atoms with van der Waals surface area (Å²) in [7, 11) is 0. The number of carbonyl (C=O) groups excluding carboxylic acids is 1. The highest BCUT2D eigenvalue weighted by molar-refractivity contribution is 5.90. The predicted molar refractivity (Wildman–Crippen MR) is 54.4 cm³/mol. The van der Waals surface area contributed by atoms with Crippen LogP contribution in [0.5, 0.6) is 0 Å². The summed E-state index contributed by atoms with van der Waals surface area (Å²) >= 11 is 0. The highest BCUT2D eigenvalue weighted by atomic mass is 16.5. The number of carboxylic acid groups (broad SMARTS) is 1. The van der Waals surface area contributed by atoms with E-state index in [1.807, 2.05) is 0 Å². The molecule has 0 aromatic rings. The molecule has 0 aliphatic carbocycles. The fourth-order valence-electron chi connectivity index (χ4n) is 1.14. The third-order valence-corrected chi connectivity index (χ3v) is 1.80. The van der Waals surface area contributed by atoms with E-state index >= 15 is 0 Å². The van der Waals surface area contributed by atoms with Crippen molar-refractivity contribution in [3.63, 3.8) is 0 Å². The minimum absolute atomic E-state index is 0.0733. The van der Waals surface area contributed by atoms with E-state index in [1.165, 1.54) is 6.08 Å². The number of aliphatic imine (C=N–C) groups is 1. The number of nitrogens with two attached hydrogens (primary N) is 2. The molecule has 1 atom stereocenters. The Labute approximate surface area is 91.0 Å². The Bertz CT molecular complexity index is 359. The second-order valence-electron chi connectivity index (χ2n) is 3.10. The molecule has 6 N–H and O–H groups in total. The molecule has 2 amide bonds. The summed E-state index contributed by atoms with van der Waals surface area (Å²) in [5.74, 6) is -1.59. The summed E-state index contributed by atoms with van der Waals surface area (Å²) in [4.78, 5) is 24.8. The van der Waals surface area contributed by atoms with Crippen LogP contribution in [0.4, 0.5) is 4.79 Å². The number of ether oxygens (including phenoxy) is 1. The van der Waals surface area contributed by atoms with Gasteiger partial charge < -0.3 is 26.6 Å². The van der Waals surface area contributed by atoms with Gasteiger partial charge in [-0.2, -0.15) is 4.99 Å². The molecule has 1 aliphatic heterocycles. The molecule has 8 heteroatoms. The highest BCUT2D eigenvalue weighted by Crippen LogP contribution is 2.10. The minimum atomic E-state index is -1.13. The van der Waals surface area contributed by atoms with Crippen LogP contribution in [-0.2, 0) is 9.53 Å². The third-order valence-electron chi connectivity index (χ3n) is 1.80. The summed E-state index contributed by atoms with van der Waals surface area (Å²) in [6.45, 7) is 0.0733. The molecule has 0 fully saturated rings. The molecule has 0 aromatic heterocycles. The van der Waals surface area contributed by atoms with Gasteiger partial charge in [0.05, 0.1) is 6.04 Å². The fraction of sp³-hybridized carbons (Fsp3) is 0.375. The van der Waals surface area contributed by atoms with Crippen LogP contribution in [0.1, 0.15) is 6.42 Å². The molecule has 88 valence electrons. The Hall–Kier alpha value is -2.25. The van der Waals surface area contributed by atoms with Gasteiger partial charge in [-0.15, -0.1) is 0 Å². The van der Waals surface area contributed by atoms with Crippen LogP contribution in [0.2, 0.25) is 0 Å². The molecule has 8 nitrogen and oxygen atoms in total. The minimum Gasteiger partial charge on any atom is -0.485 e. The van der Waals surface area contributed by atoms with Crippen molar-refractivity contribution in [2.24, 2.45) is 16.5 Å². The van der Waals surface area contributed by atoms with Crippen LogP contribution in [-0.4, -0.2) is 35.7 Å². The van der Waals surface area contributed by atoms with Crippen LogP contribution in [0.15, 0.2) is 16.8 Å². The van der Waals surface area contributed by atoms with E-state index < -0.39 is 12.0 Å². The van der Waals surface area contributed by atoms with Gasteiger partial charge in [0, 0.05) is 0 Å². The SMILES string of the molecule is NC(N)=NC(=O)NC1CC=C(C(=O)O)OC1. The van der Waals surface area contributed by atoms with E-state index in [2.05, 4.69) is 10.3 Å². The van der Waals surface area contributed by atoms with Crippen molar-refractivity contribution >= 4 is 18.0 Å². The largest absolute Gasteiger partial charge is 0.485 e. The van der Waals surface area contributed by atoms with Crippen molar-refractivity contribution in [2.75, 3.05) is 6.61 Å². The number of carbonyl (C=O) groups is 2. The van der Waals surface area contributed by atoms with Crippen molar-refractivity contribution < 1.29 is 19.4 Å². The van der Waals surface area contributed by atoms with Crippen molar-refractivity contribution in [3.05, 3.63) is 11.8 Å². The predicted octanol–water partition coefficient (Wildman–Crippen LogP) is -1.27. The van der Waals surface area contributed by atoms with Gasteiger partial charge in [0.25, 0.3) is 0 Å². The van der Waals surface area contributed by atoms with Crippen LogP contribution in [0.3, 0.4) is 0 Å². The molecule has 0 saturated carbocycles.